The summed E-state index contributed by atoms with van der Waals surface area (Å²) in [6.07, 6.45) is 0. The number of hydrogen-bond donors (Lipinski definition) is 0. The fourth-order valence-electron chi connectivity index (χ4n) is 6.45. The van der Waals surface area contributed by atoms with Crippen LogP contribution in [0, 0.1) is 0 Å². The van der Waals surface area contributed by atoms with Crippen molar-refractivity contribution in [3.05, 3.63) is 146 Å². The van der Waals surface area contributed by atoms with E-state index in [-0.39, 0.29) is 0 Å². The van der Waals surface area contributed by atoms with Crippen LogP contribution in [0.25, 0.3) is 77.2 Å². The van der Waals surface area contributed by atoms with E-state index in [9.17, 15) is 0 Å². The second-order valence-corrected chi connectivity index (χ2v) is 10.9. The summed E-state index contributed by atoms with van der Waals surface area (Å²) >= 11 is 0. The van der Waals surface area contributed by atoms with Crippen LogP contribution in [-0.4, -0.2) is 0 Å². The Morgan fingerprint density at radius 2 is 1.07 bits per heavy atom. The Balaban J connectivity index is 1.12. The SMILES string of the molecule is c1cc(-c2ccc(-c3cccc4c3oc3ccccc34)cc2)cc(-c2cc3c4c(cccc4c2)Oc2ccccc2-3)c1. The van der Waals surface area contributed by atoms with Gasteiger partial charge in [0.05, 0.1) is 0 Å². The van der Waals surface area contributed by atoms with Gasteiger partial charge in [0, 0.05) is 27.3 Å². The summed E-state index contributed by atoms with van der Waals surface area (Å²) in [5.74, 6) is 1.82. The molecule has 2 nitrogen and oxygen atoms in total. The van der Waals surface area contributed by atoms with Crippen LogP contribution in [0.2, 0.25) is 0 Å². The van der Waals surface area contributed by atoms with E-state index >= 15 is 0 Å². The van der Waals surface area contributed by atoms with E-state index in [0.29, 0.717) is 0 Å². The van der Waals surface area contributed by atoms with Crippen LogP contribution in [0.1, 0.15) is 0 Å². The van der Waals surface area contributed by atoms with Crippen molar-refractivity contribution in [2.45, 2.75) is 0 Å². The lowest BCUT2D eigenvalue weighted by atomic mass is 9.90. The molecule has 42 heavy (non-hydrogen) atoms. The minimum absolute atomic E-state index is 0.904. The van der Waals surface area contributed by atoms with E-state index in [0.717, 1.165) is 50.1 Å². The molecule has 2 heterocycles. The highest BCUT2D eigenvalue weighted by molar-refractivity contribution is 6.10. The van der Waals surface area contributed by atoms with Gasteiger partial charge in [0.2, 0.25) is 0 Å². The predicted octanol–water partition coefficient (Wildman–Crippen LogP) is 11.5. The van der Waals surface area contributed by atoms with Gasteiger partial charge in [-0.25, -0.2) is 0 Å². The van der Waals surface area contributed by atoms with E-state index in [2.05, 4.69) is 121 Å². The third-order valence-electron chi connectivity index (χ3n) is 8.47. The summed E-state index contributed by atoms with van der Waals surface area (Å²) in [5.41, 5.74) is 11.2. The number of ether oxygens (including phenoxy) is 1. The largest absolute Gasteiger partial charge is 0.456 e. The topological polar surface area (TPSA) is 22.4 Å². The Morgan fingerprint density at radius 3 is 2.00 bits per heavy atom. The molecule has 1 aromatic heterocycles. The molecule has 0 atom stereocenters. The van der Waals surface area contributed by atoms with Crippen molar-refractivity contribution in [3.8, 4) is 56.0 Å². The first-order valence-corrected chi connectivity index (χ1v) is 14.3. The van der Waals surface area contributed by atoms with Gasteiger partial charge in [-0.2, -0.15) is 0 Å². The van der Waals surface area contributed by atoms with Crippen LogP contribution in [0.3, 0.4) is 0 Å². The van der Waals surface area contributed by atoms with Gasteiger partial charge < -0.3 is 9.15 Å². The lowest BCUT2D eigenvalue weighted by Gasteiger charge is -2.22. The van der Waals surface area contributed by atoms with Crippen LogP contribution in [0.5, 0.6) is 11.5 Å². The normalized spacial score (nSPS) is 12.0. The minimum atomic E-state index is 0.904. The molecule has 0 unspecified atom stereocenters. The van der Waals surface area contributed by atoms with Gasteiger partial charge >= 0.3 is 0 Å². The molecular formula is C40H24O2. The summed E-state index contributed by atoms with van der Waals surface area (Å²) in [4.78, 5) is 0. The predicted molar refractivity (Wildman–Crippen MR) is 173 cm³/mol. The molecule has 1 aliphatic rings. The van der Waals surface area contributed by atoms with E-state index in [4.69, 9.17) is 9.15 Å². The maximum atomic E-state index is 6.29. The molecule has 0 bridgehead atoms. The molecular weight excluding hydrogens is 512 g/mol. The number of furan rings is 1. The standard InChI is InChI=1S/C40H24O2/c1-4-16-37-32(11-1)34-14-7-13-31(40(34)42-37)26-20-18-25(19-21-26)27-8-5-9-28(22-27)30-23-29-10-6-17-38-39(29)35(24-30)33-12-2-3-15-36(33)41-38/h1-24H. The summed E-state index contributed by atoms with van der Waals surface area (Å²) in [7, 11) is 0. The summed E-state index contributed by atoms with van der Waals surface area (Å²) in [5, 5.41) is 4.66. The van der Waals surface area contributed by atoms with Crippen molar-refractivity contribution in [1.29, 1.82) is 0 Å². The number of fused-ring (bicyclic) bond motifs is 5. The van der Waals surface area contributed by atoms with Gasteiger partial charge in [-0.05, 0) is 75.2 Å². The number of hydrogen-bond acceptors (Lipinski definition) is 2. The lowest BCUT2D eigenvalue weighted by molar-refractivity contribution is 0.487. The van der Waals surface area contributed by atoms with Gasteiger partial charge in [0.15, 0.2) is 0 Å². The Kier molecular flexibility index (Phi) is 4.93. The van der Waals surface area contributed by atoms with Crippen LogP contribution >= 0.6 is 0 Å². The maximum absolute atomic E-state index is 6.29. The Morgan fingerprint density at radius 1 is 0.381 bits per heavy atom. The quantitative estimate of drug-likeness (QED) is 0.224. The first-order valence-electron chi connectivity index (χ1n) is 14.3. The molecule has 7 aromatic carbocycles. The fourth-order valence-corrected chi connectivity index (χ4v) is 6.45. The van der Waals surface area contributed by atoms with E-state index in [1.165, 1.54) is 38.6 Å². The van der Waals surface area contributed by atoms with Crippen molar-refractivity contribution in [3.63, 3.8) is 0 Å². The highest BCUT2D eigenvalue weighted by Gasteiger charge is 2.20. The van der Waals surface area contributed by atoms with Gasteiger partial charge in [-0.3, -0.25) is 0 Å². The molecule has 8 aromatic rings. The van der Waals surface area contributed by atoms with Crippen molar-refractivity contribution in [1.82, 2.24) is 0 Å². The maximum Gasteiger partial charge on any atom is 0.143 e. The third-order valence-corrected chi connectivity index (χ3v) is 8.47. The Labute approximate surface area is 243 Å². The minimum Gasteiger partial charge on any atom is -0.456 e. The van der Waals surface area contributed by atoms with Crippen LogP contribution in [-0.2, 0) is 0 Å². The zero-order valence-corrected chi connectivity index (χ0v) is 22.7. The zero-order chi connectivity index (χ0) is 27.6. The molecule has 0 radical (unpaired) electrons. The molecule has 1 aliphatic heterocycles. The van der Waals surface area contributed by atoms with E-state index in [1.807, 2.05) is 24.3 Å². The monoisotopic (exact) mass is 536 g/mol. The third kappa shape index (κ3) is 3.52. The molecule has 2 heteroatoms. The first-order chi connectivity index (χ1) is 20.8. The number of benzene rings is 7. The smallest absolute Gasteiger partial charge is 0.143 e. The first kappa shape index (κ1) is 23.1. The number of rotatable bonds is 3. The van der Waals surface area contributed by atoms with Crippen LogP contribution in [0.15, 0.2) is 150 Å². The second-order valence-electron chi connectivity index (χ2n) is 10.9. The molecule has 0 aliphatic carbocycles. The van der Waals surface area contributed by atoms with Crippen LogP contribution < -0.4 is 4.74 Å². The highest BCUT2D eigenvalue weighted by Crippen LogP contribution is 2.48. The Hall–Kier alpha value is -5.60. The van der Waals surface area contributed by atoms with Crippen molar-refractivity contribution < 1.29 is 9.15 Å². The summed E-state index contributed by atoms with van der Waals surface area (Å²) < 4.78 is 12.5. The highest BCUT2D eigenvalue weighted by atomic mass is 16.5. The van der Waals surface area contributed by atoms with Crippen molar-refractivity contribution >= 4 is 32.7 Å². The van der Waals surface area contributed by atoms with Crippen molar-refractivity contribution in [2.24, 2.45) is 0 Å². The average molecular weight is 537 g/mol. The fraction of sp³-hybridized carbons (Fsp3) is 0. The summed E-state index contributed by atoms with van der Waals surface area (Å²) in [6, 6.07) is 51.4. The molecule has 0 fully saturated rings. The van der Waals surface area contributed by atoms with Crippen LogP contribution in [0.4, 0.5) is 0 Å². The van der Waals surface area contributed by atoms with E-state index in [1.54, 1.807) is 0 Å². The summed E-state index contributed by atoms with van der Waals surface area (Å²) in [6.45, 7) is 0. The van der Waals surface area contributed by atoms with E-state index < -0.39 is 0 Å². The molecule has 0 saturated heterocycles. The molecule has 0 spiro atoms. The van der Waals surface area contributed by atoms with Gasteiger partial charge in [-0.15, -0.1) is 0 Å². The second kappa shape index (κ2) is 8.95. The molecule has 196 valence electrons. The van der Waals surface area contributed by atoms with Gasteiger partial charge in [0.25, 0.3) is 0 Å². The van der Waals surface area contributed by atoms with Gasteiger partial charge in [-0.1, -0.05) is 109 Å². The van der Waals surface area contributed by atoms with Gasteiger partial charge in [0.1, 0.15) is 22.7 Å². The number of para-hydroxylation sites is 3. The molecule has 0 amide bonds. The Bertz CT molecular complexity index is 2320. The van der Waals surface area contributed by atoms with Crippen molar-refractivity contribution in [2.75, 3.05) is 0 Å². The molecule has 0 saturated carbocycles. The average Bonchev–Trinajstić information content (AvgIpc) is 3.44. The molecule has 9 rings (SSSR count). The zero-order valence-electron chi connectivity index (χ0n) is 22.7. The lowest BCUT2D eigenvalue weighted by Crippen LogP contribution is -1.97. The molecule has 0 N–H and O–H groups in total.